The van der Waals surface area contributed by atoms with Crippen LogP contribution in [0.25, 0.3) is 0 Å². The minimum absolute atomic E-state index is 0.193. The highest BCUT2D eigenvalue weighted by Gasteiger charge is 2.24. The molecule has 0 fully saturated rings. The van der Waals surface area contributed by atoms with Gasteiger partial charge in [-0.2, -0.15) is 0 Å². The van der Waals surface area contributed by atoms with Gasteiger partial charge < -0.3 is 4.74 Å². The van der Waals surface area contributed by atoms with E-state index in [1.165, 1.54) is 0 Å². The van der Waals surface area contributed by atoms with Gasteiger partial charge in [-0.15, -0.1) is 0 Å². The monoisotopic (exact) mass is 174 g/mol. The van der Waals surface area contributed by atoms with Crippen LogP contribution in [0.3, 0.4) is 0 Å². The van der Waals surface area contributed by atoms with E-state index in [2.05, 4.69) is 0 Å². The fourth-order valence-electron chi connectivity index (χ4n) is 1.10. The van der Waals surface area contributed by atoms with E-state index < -0.39 is 0 Å². The molecule has 0 N–H and O–H groups in total. The maximum atomic E-state index is 10.1. The first kappa shape index (κ1) is 14.0. The quantitative estimate of drug-likeness (QED) is 0.598. The lowest BCUT2D eigenvalue weighted by molar-refractivity contribution is -0.144. The topological polar surface area (TPSA) is 26.3 Å². The lowest BCUT2D eigenvalue weighted by atomic mass is 9.94. The van der Waals surface area contributed by atoms with Crippen molar-refractivity contribution in [3.8, 4) is 0 Å². The molecule has 0 spiro atoms. The molecule has 0 amide bonds. The Kier molecular flexibility index (Phi) is 10.0. The van der Waals surface area contributed by atoms with Crippen LogP contribution in [0.2, 0.25) is 0 Å². The van der Waals surface area contributed by atoms with E-state index in [0.29, 0.717) is 6.47 Å². The molecular formula is C10H22O2. The maximum absolute atomic E-state index is 10.1. The summed E-state index contributed by atoms with van der Waals surface area (Å²) in [7, 11) is 0. The van der Waals surface area contributed by atoms with Gasteiger partial charge in [0.2, 0.25) is 0 Å². The Labute approximate surface area is 76.3 Å². The molecule has 0 heterocycles. The average Bonchev–Trinajstić information content (AvgIpc) is 2.18. The van der Waals surface area contributed by atoms with Gasteiger partial charge in [-0.3, -0.25) is 4.79 Å². The molecule has 0 aliphatic rings. The smallest absolute Gasteiger partial charge is 0.293 e. The summed E-state index contributed by atoms with van der Waals surface area (Å²) in [6.07, 6.45) is 2.70. The molecule has 0 aliphatic heterocycles. The van der Waals surface area contributed by atoms with Crippen molar-refractivity contribution in [2.75, 3.05) is 0 Å². The minimum Gasteiger partial charge on any atom is -0.461 e. The first-order valence-electron chi connectivity index (χ1n) is 4.86. The second kappa shape index (κ2) is 8.57. The lowest BCUT2D eigenvalue weighted by Gasteiger charge is -2.27. The molecule has 0 bridgehead atoms. The third-order valence-corrected chi connectivity index (χ3v) is 2.23. The Morgan fingerprint density at radius 3 is 1.50 bits per heavy atom. The van der Waals surface area contributed by atoms with Crippen LogP contribution >= 0.6 is 0 Å². The third kappa shape index (κ3) is 4.37. The normalized spacial score (nSPS) is 9.75. The molecule has 0 aromatic rings. The molecule has 2 nitrogen and oxygen atoms in total. The predicted molar refractivity (Wildman–Crippen MR) is 52.1 cm³/mol. The molecule has 12 heavy (non-hydrogen) atoms. The van der Waals surface area contributed by atoms with Gasteiger partial charge in [0, 0.05) is 0 Å². The van der Waals surface area contributed by atoms with E-state index in [-0.39, 0.29) is 5.60 Å². The summed E-state index contributed by atoms with van der Waals surface area (Å²) in [5.41, 5.74) is -0.193. The van der Waals surface area contributed by atoms with E-state index in [1.807, 2.05) is 34.6 Å². The van der Waals surface area contributed by atoms with E-state index in [9.17, 15) is 4.79 Å². The van der Waals surface area contributed by atoms with Gasteiger partial charge in [0.15, 0.2) is 0 Å². The third-order valence-electron chi connectivity index (χ3n) is 2.23. The second-order valence-corrected chi connectivity index (χ2v) is 2.46. The molecule has 0 aromatic carbocycles. The van der Waals surface area contributed by atoms with Crippen molar-refractivity contribution < 1.29 is 9.53 Å². The number of ether oxygens (including phenoxy) is 1. The summed E-state index contributed by atoms with van der Waals surface area (Å²) in [4.78, 5) is 10.1. The molecule has 0 radical (unpaired) electrons. The maximum Gasteiger partial charge on any atom is 0.293 e. The fraction of sp³-hybridized carbons (Fsp3) is 0.900. The largest absolute Gasteiger partial charge is 0.461 e. The van der Waals surface area contributed by atoms with Crippen molar-refractivity contribution in [2.24, 2.45) is 0 Å². The highest BCUT2D eigenvalue weighted by Crippen LogP contribution is 2.22. The minimum atomic E-state index is -0.193. The van der Waals surface area contributed by atoms with Gasteiger partial charge in [0.1, 0.15) is 5.60 Å². The van der Waals surface area contributed by atoms with Crippen LogP contribution < -0.4 is 0 Å². The molecule has 0 saturated heterocycles. The van der Waals surface area contributed by atoms with Crippen molar-refractivity contribution >= 4 is 6.47 Å². The van der Waals surface area contributed by atoms with E-state index in [0.717, 1.165) is 19.3 Å². The fourth-order valence-corrected chi connectivity index (χ4v) is 1.10. The van der Waals surface area contributed by atoms with E-state index >= 15 is 0 Å². The van der Waals surface area contributed by atoms with Crippen LogP contribution in [-0.4, -0.2) is 12.1 Å². The zero-order chi connectivity index (χ0) is 10.0. The first-order valence-corrected chi connectivity index (χ1v) is 4.86. The molecular weight excluding hydrogens is 152 g/mol. The number of rotatable bonds is 5. The Hall–Kier alpha value is -0.530. The highest BCUT2D eigenvalue weighted by molar-refractivity contribution is 5.38. The molecule has 0 atom stereocenters. The summed E-state index contributed by atoms with van der Waals surface area (Å²) < 4.78 is 5.00. The van der Waals surface area contributed by atoms with Crippen LogP contribution in [-0.2, 0) is 9.53 Å². The standard InChI is InChI=1S/C8H16O2.C2H6/c1-4-8(5-2,6-3)10-7-9;1-2/h7H,4-6H2,1-3H3;1-2H3. The van der Waals surface area contributed by atoms with Gasteiger partial charge in [-0.05, 0) is 19.3 Å². The lowest BCUT2D eigenvalue weighted by Crippen LogP contribution is -2.29. The Morgan fingerprint density at radius 1 is 1.08 bits per heavy atom. The molecule has 0 saturated carbocycles. The zero-order valence-corrected chi connectivity index (χ0v) is 9.02. The van der Waals surface area contributed by atoms with Gasteiger partial charge in [0.25, 0.3) is 6.47 Å². The number of hydrogen-bond donors (Lipinski definition) is 0. The molecule has 0 rings (SSSR count). The summed E-state index contributed by atoms with van der Waals surface area (Å²) in [5, 5.41) is 0. The highest BCUT2D eigenvalue weighted by atomic mass is 16.5. The van der Waals surface area contributed by atoms with Gasteiger partial charge >= 0.3 is 0 Å². The summed E-state index contributed by atoms with van der Waals surface area (Å²) in [6.45, 7) is 10.7. The Morgan fingerprint density at radius 2 is 1.42 bits per heavy atom. The number of carbonyl (C=O) groups excluding carboxylic acids is 1. The zero-order valence-electron chi connectivity index (χ0n) is 9.02. The SMILES string of the molecule is CC.CCC(CC)(CC)OC=O. The van der Waals surface area contributed by atoms with Crippen molar-refractivity contribution in [3.05, 3.63) is 0 Å². The van der Waals surface area contributed by atoms with E-state index in [4.69, 9.17) is 4.74 Å². The van der Waals surface area contributed by atoms with Crippen LogP contribution in [0.1, 0.15) is 53.9 Å². The summed E-state index contributed by atoms with van der Waals surface area (Å²) in [6, 6.07) is 0. The van der Waals surface area contributed by atoms with Crippen molar-refractivity contribution in [1.82, 2.24) is 0 Å². The van der Waals surface area contributed by atoms with Crippen LogP contribution in [0.4, 0.5) is 0 Å². The Bertz CT molecular complexity index is 87.7. The molecule has 0 aliphatic carbocycles. The van der Waals surface area contributed by atoms with Crippen LogP contribution in [0.15, 0.2) is 0 Å². The first-order chi connectivity index (χ1) is 5.74. The summed E-state index contributed by atoms with van der Waals surface area (Å²) >= 11 is 0. The summed E-state index contributed by atoms with van der Waals surface area (Å²) in [5.74, 6) is 0. The number of carbonyl (C=O) groups is 1. The molecule has 0 unspecified atom stereocenters. The van der Waals surface area contributed by atoms with Gasteiger partial charge in [-0.1, -0.05) is 34.6 Å². The van der Waals surface area contributed by atoms with Crippen molar-refractivity contribution in [2.45, 2.75) is 59.5 Å². The van der Waals surface area contributed by atoms with Crippen molar-refractivity contribution in [1.29, 1.82) is 0 Å². The molecule has 74 valence electrons. The van der Waals surface area contributed by atoms with E-state index in [1.54, 1.807) is 0 Å². The predicted octanol–water partition coefficient (Wildman–Crippen LogP) is 3.15. The Balaban J connectivity index is 0. The van der Waals surface area contributed by atoms with Gasteiger partial charge in [-0.25, -0.2) is 0 Å². The van der Waals surface area contributed by atoms with Crippen LogP contribution in [0, 0.1) is 0 Å². The molecule has 2 heteroatoms. The average molecular weight is 174 g/mol. The molecule has 0 aromatic heterocycles. The second-order valence-electron chi connectivity index (χ2n) is 2.46. The van der Waals surface area contributed by atoms with Crippen molar-refractivity contribution in [3.63, 3.8) is 0 Å². The van der Waals surface area contributed by atoms with Crippen LogP contribution in [0.5, 0.6) is 0 Å². The van der Waals surface area contributed by atoms with Gasteiger partial charge in [0.05, 0.1) is 0 Å². The number of hydrogen-bond acceptors (Lipinski definition) is 2.